The first-order chi connectivity index (χ1) is 17.3. The fourth-order valence-electron chi connectivity index (χ4n) is 4.04. The summed E-state index contributed by atoms with van der Waals surface area (Å²) >= 11 is 0. The van der Waals surface area contributed by atoms with E-state index < -0.39 is 29.6 Å². The molecule has 0 aliphatic carbocycles. The Kier molecular flexibility index (Phi) is 5.80. The van der Waals surface area contributed by atoms with Gasteiger partial charge in [-0.3, -0.25) is 9.89 Å². The first-order valence-electron chi connectivity index (χ1n) is 10.8. The Morgan fingerprint density at radius 2 is 1.61 bits per heavy atom. The lowest BCUT2D eigenvalue weighted by Gasteiger charge is -2.28. The molecule has 1 aliphatic rings. The van der Waals surface area contributed by atoms with Crippen molar-refractivity contribution in [2.45, 2.75) is 13.0 Å². The molecule has 0 saturated carbocycles. The van der Waals surface area contributed by atoms with Crippen molar-refractivity contribution in [3.05, 3.63) is 94.9 Å². The monoisotopic (exact) mass is 492 g/mol. The van der Waals surface area contributed by atoms with E-state index in [2.05, 4.69) is 31.5 Å². The van der Waals surface area contributed by atoms with Gasteiger partial charge >= 0.3 is 6.03 Å². The van der Waals surface area contributed by atoms with Crippen LogP contribution in [0.3, 0.4) is 0 Å². The quantitative estimate of drug-likeness (QED) is 0.270. The first-order valence-corrected chi connectivity index (χ1v) is 10.8. The Labute approximate surface area is 202 Å². The number of allylic oxidation sites excluding steroid dienone is 1. The lowest BCUT2D eigenvalue weighted by atomic mass is 9.94. The number of hydrogen-bond acceptors (Lipinski definition) is 4. The predicted molar refractivity (Wildman–Crippen MR) is 128 cm³/mol. The van der Waals surface area contributed by atoms with Crippen molar-refractivity contribution >= 4 is 40.0 Å². The highest BCUT2D eigenvalue weighted by molar-refractivity contribution is 6.08. The van der Waals surface area contributed by atoms with E-state index >= 15 is 0 Å². The van der Waals surface area contributed by atoms with Crippen molar-refractivity contribution in [1.29, 1.82) is 0 Å². The van der Waals surface area contributed by atoms with E-state index in [1.54, 1.807) is 30.3 Å². The van der Waals surface area contributed by atoms with Crippen LogP contribution in [-0.4, -0.2) is 22.1 Å². The number of rotatable bonds is 5. The number of carbonyl (C=O) groups is 2. The van der Waals surface area contributed by atoms with Gasteiger partial charge in [0, 0.05) is 28.5 Å². The summed E-state index contributed by atoms with van der Waals surface area (Å²) < 4.78 is 40.9. The third-order valence-electron chi connectivity index (χ3n) is 5.66. The summed E-state index contributed by atoms with van der Waals surface area (Å²) in [5.74, 6) is -2.15. The van der Waals surface area contributed by atoms with Gasteiger partial charge in [-0.15, -0.1) is 0 Å². The molecule has 2 heterocycles. The smallest absolute Gasteiger partial charge is 0.319 e. The summed E-state index contributed by atoms with van der Waals surface area (Å²) in [6.07, 6.45) is 0. The molecular weight excluding hydrogens is 473 g/mol. The highest BCUT2D eigenvalue weighted by Crippen LogP contribution is 2.31. The number of nitrogens with one attached hydrogen (secondary N) is 5. The number of carbonyl (C=O) groups excluding carboxylic acids is 2. The summed E-state index contributed by atoms with van der Waals surface area (Å²) in [5, 5.41) is 18.7. The Balaban J connectivity index is 1.44. The average Bonchev–Trinajstić information content (AvgIpc) is 3.21. The zero-order chi connectivity index (χ0) is 25.4. The summed E-state index contributed by atoms with van der Waals surface area (Å²) in [6.45, 7) is 1.53. The van der Waals surface area contributed by atoms with Crippen LogP contribution in [0.1, 0.15) is 18.5 Å². The maximum absolute atomic E-state index is 13.9. The predicted octanol–water partition coefficient (Wildman–Crippen LogP) is 4.99. The molecule has 8 nitrogen and oxygen atoms in total. The third-order valence-corrected chi connectivity index (χ3v) is 5.66. The van der Waals surface area contributed by atoms with Crippen LogP contribution >= 0.6 is 0 Å². The van der Waals surface area contributed by atoms with Gasteiger partial charge in [-0.25, -0.2) is 18.0 Å². The third kappa shape index (κ3) is 4.58. The van der Waals surface area contributed by atoms with E-state index in [-0.39, 0.29) is 22.7 Å². The standard InChI is InChI=1S/C25H19F3N6O2/c1-12-21(22(32-25(36)29-12)13-8-15(27)10-16(28)9-13)24(35)31-18-6-7-20-19(11-18)23(34-33-20)30-17-4-2-14(26)3-5-17/h2-11,22H,1H3,(H,31,35)(H2,29,32,36)(H2,30,33,34). The van der Waals surface area contributed by atoms with Gasteiger partial charge in [0.1, 0.15) is 17.5 Å². The fraction of sp³-hybridized carbons (Fsp3) is 0.0800. The number of amides is 3. The molecule has 5 N–H and O–H groups in total. The van der Waals surface area contributed by atoms with Crippen LogP contribution in [0, 0.1) is 17.5 Å². The van der Waals surface area contributed by atoms with E-state index in [0.717, 1.165) is 12.1 Å². The number of urea groups is 1. The first kappa shape index (κ1) is 23.0. The molecule has 0 spiro atoms. The number of aromatic amines is 1. The lowest BCUT2D eigenvalue weighted by Crippen LogP contribution is -2.46. The highest BCUT2D eigenvalue weighted by atomic mass is 19.1. The van der Waals surface area contributed by atoms with E-state index in [4.69, 9.17) is 0 Å². The second kappa shape index (κ2) is 9.10. The summed E-state index contributed by atoms with van der Waals surface area (Å²) in [4.78, 5) is 25.4. The van der Waals surface area contributed by atoms with Crippen LogP contribution in [0.15, 0.2) is 71.9 Å². The zero-order valence-electron chi connectivity index (χ0n) is 18.7. The van der Waals surface area contributed by atoms with Gasteiger partial charge in [0.05, 0.1) is 17.1 Å². The number of anilines is 3. The number of nitrogens with zero attached hydrogens (tertiary/aromatic N) is 1. The number of halogens is 3. The van der Waals surface area contributed by atoms with Crippen LogP contribution < -0.4 is 21.3 Å². The van der Waals surface area contributed by atoms with Crippen LogP contribution in [0.5, 0.6) is 0 Å². The molecule has 0 bridgehead atoms. The molecule has 1 aromatic heterocycles. The van der Waals surface area contributed by atoms with E-state index in [9.17, 15) is 22.8 Å². The van der Waals surface area contributed by atoms with Crippen LogP contribution in [0.25, 0.3) is 10.9 Å². The van der Waals surface area contributed by atoms with Gasteiger partial charge in [0.25, 0.3) is 5.91 Å². The maximum Gasteiger partial charge on any atom is 0.319 e. The summed E-state index contributed by atoms with van der Waals surface area (Å²) in [6, 6.07) is 12.0. The minimum Gasteiger partial charge on any atom is -0.338 e. The lowest BCUT2D eigenvalue weighted by molar-refractivity contribution is -0.113. The van der Waals surface area contributed by atoms with Crippen molar-refractivity contribution < 1.29 is 22.8 Å². The van der Waals surface area contributed by atoms with E-state index in [1.807, 2.05) is 0 Å². The van der Waals surface area contributed by atoms with Crippen molar-refractivity contribution in [2.24, 2.45) is 0 Å². The molecule has 5 rings (SSSR count). The molecule has 1 atom stereocenters. The zero-order valence-corrected chi connectivity index (χ0v) is 18.7. The molecule has 0 saturated heterocycles. The minimum atomic E-state index is -1.07. The highest BCUT2D eigenvalue weighted by Gasteiger charge is 2.32. The number of hydrogen-bond donors (Lipinski definition) is 5. The van der Waals surface area contributed by atoms with Crippen LogP contribution in [0.4, 0.5) is 35.2 Å². The van der Waals surface area contributed by atoms with Gasteiger partial charge in [-0.1, -0.05) is 0 Å². The van der Waals surface area contributed by atoms with E-state index in [1.165, 1.54) is 19.1 Å². The van der Waals surface area contributed by atoms with Gasteiger partial charge < -0.3 is 21.3 Å². The molecule has 182 valence electrons. The molecule has 4 aromatic rings. The largest absolute Gasteiger partial charge is 0.338 e. The molecule has 11 heteroatoms. The molecule has 1 aliphatic heterocycles. The van der Waals surface area contributed by atoms with Crippen molar-refractivity contribution in [2.75, 3.05) is 10.6 Å². The van der Waals surface area contributed by atoms with E-state index in [0.29, 0.717) is 34.2 Å². The number of aromatic nitrogens is 2. The number of H-pyrrole nitrogens is 1. The maximum atomic E-state index is 13.9. The molecule has 0 fully saturated rings. The van der Waals surface area contributed by atoms with Gasteiger partial charge in [0.15, 0.2) is 5.82 Å². The normalized spacial score (nSPS) is 15.4. The Morgan fingerprint density at radius 1 is 0.917 bits per heavy atom. The minimum absolute atomic E-state index is 0.0860. The Morgan fingerprint density at radius 3 is 2.33 bits per heavy atom. The molecule has 36 heavy (non-hydrogen) atoms. The second-order valence-electron chi connectivity index (χ2n) is 8.19. The number of benzene rings is 3. The Hall–Kier alpha value is -4.80. The van der Waals surface area contributed by atoms with Gasteiger partial charge in [-0.05, 0) is 67.1 Å². The van der Waals surface area contributed by atoms with Gasteiger partial charge in [-0.2, -0.15) is 5.10 Å². The Bertz CT molecular complexity index is 1510. The second-order valence-corrected chi connectivity index (χ2v) is 8.19. The number of fused-ring (bicyclic) bond motifs is 1. The van der Waals surface area contributed by atoms with Gasteiger partial charge in [0.2, 0.25) is 0 Å². The SMILES string of the molecule is CC1=C(C(=O)Nc2ccc3[nH]nc(Nc4ccc(F)cc4)c3c2)C(c2cc(F)cc(F)c2)NC(=O)N1. The molecular formula is C25H19F3N6O2. The fourth-order valence-corrected chi connectivity index (χ4v) is 4.04. The van der Waals surface area contributed by atoms with Crippen molar-refractivity contribution in [3.63, 3.8) is 0 Å². The summed E-state index contributed by atoms with van der Waals surface area (Å²) in [5.41, 5.74) is 2.15. The van der Waals surface area contributed by atoms with Crippen molar-refractivity contribution in [3.8, 4) is 0 Å². The van der Waals surface area contributed by atoms with Crippen molar-refractivity contribution in [1.82, 2.24) is 20.8 Å². The topological polar surface area (TPSA) is 111 Å². The molecule has 0 radical (unpaired) electrons. The molecule has 1 unspecified atom stereocenters. The molecule has 3 aromatic carbocycles. The van der Waals surface area contributed by atoms with Crippen LogP contribution in [-0.2, 0) is 4.79 Å². The van der Waals surface area contributed by atoms with Crippen LogP contribution in [0.2, 0.25) is 0 Å². The summed E-state index contributed by atoms with van der Waals surface area (Å²) in [7, 11) is 0. The average molecular weight is 492 g/mol. The molecule has 3 amide bonds.